The Morgan fingerprint density at radius 1 is 1.25 bits per heavy atom. The minimum Gasteiger partial charge on any atom is -0.225 e. The normalized spacial score (nSPS) is 19.2. The van der Waals surface area contributed by atoms with Gasteiger partial charge in [-0.1, -0.05) is 6.92 Å². The van der Waals surface area contributed by atoms with Gasteiger partial charge in [-0.25, -0.2) is 9.97 Å². The van der Waals surface area contributed by atoms with E-state index >= 15 is 0 Å². The van der Waals surface area contributed by atoms with Crippen LogP contribution in [0.4, 0.5) is 0 Å². The third kappa shape index (κ3) is 1.55. The lowest BCUT2D eigenvalue weighted by Gasteiger charge is -2.06. The Kier molecular flexibility index (Phi) is 1.99. The molecule has 1 aliphatic rings. The zero-order chi connectivity index (χ0) is 8.77. The Bertz CT molecular complexity index is 301. The highest BCUT2D eigenvalue weighted by molar-refractivity contribution is 9.11. The SMILES string of the molecule is CC1(c2nc(Br)cc(Br)n2)CC1. The van der Waals surface area contributed by atoms with Crippen molar-refractivity contribution in [1.82, 2.24) is 9.97 Å². The first-order valence-electron chi connectivity index (χ1n) is 3.81. The second-order valence-electron chi connectivity index (χ2n) is 3.40. The summed E-state index contributed by atoms with van der Waals surface area (Å²) in [7, 11) is 0. The number of hydrogen-bond donors (Lipinski definition) is 0. The quantitative estimate of drug-likeness (QED) is 0.743. The topological polar surface area (TPSA) is 25.8 Å². The molecule has 2 rings (SSSR count). The smallest absolute Gasteiger partial charge is 0.136 e. The van der Waals surface area contributed by atoms with Crippen LogP contribution < -0.4 is 0 Å². The minimum absolute atomic E-state index is 0.242. The van der Waals surface area contributed by atoms with Gasteiger partial charge in [0.05, 0.1) is 0 Å². The zero-order valence-electron chi connectivity index (χ0n) is 6.64. The third-order valence-corrected chi connectivity index (χ3v) is 3.02. The molecule has 0 unspecified atom stereocenters. The maximum absolute atomic E-state index is 4.34. The van der Waals surface area contributed by atoms with Gasteiger partial charge in [-0.15, -0.1) is 0 Å². The molecule has 0 bridgehead atoms. The molecule has 64 valence electrons. The Hall–Kier alpha value is 0.0400. The second-order valence-corrected chi connectivity index (χ2v) is 5.02. The van der Waals surface area contributed by atoms with Crippen molar-refractivity contribution in [2.24, 2.45) is 0 Å². The monoisotopic (exact) mass is 290 g/mol. The van der Waals surface area contributed by atoms with Gasteiger partial charge in [0.15, 0.2) is 0 Å². The number of hydrogen-bond acceptors (Lipinski definition) is 2. The molecule has 1 aromatic rings. The van der Waals surface area contributed by atoms with E-state index in [0.29, 0.717) is 0 Å². The van der Waals surface area contributed by atoms with Gasteiger partial charge < -0.3 is 0 Å². The summed E-state index contributed by atoms with van der Waals surface area (Å²) in [6, 6.07) is 1.86. The molecule has 0 radical (unpaired) electrons. The van der Waals surface area contributed by atoms with Crippen LogP contribution >= 0.6 is 31.9 Å². The molecule has 1 aromatic heterocycles. The molecule has 0 saturated heterocycles. The summed E-state index contributed by atoms with van der Waals surface area (Å²) in [6.45, 7) is 2.20. The molecule has 1 heterocycles. The highest BCUT2D eigenvalue weighted by Crippen LogP contribution is 2.46. The predicted molar refractivity (Wildman–Crippen MR) is 54.0 cm³/mol. The standard InChI is InChI=1S/C8H8Br2N2/c1-8(2-3-8)7-11-5(9)4-6(10)12-7/h4H,2-3H2,1H3. The lowest BCUT2D eigenvalue weighted by atomic mass is 10.1. The van der Waals surface area contributed by atoms with E-state index in [1.807, 2.05) is 6.07 Å². The molecular weight excluding hydrogens is 284 g/mol. The van der Waals surface area contributed by atoms with Crippen LogP contribution in [0.2, 0.25) is 0 Å². The van der Waals surface area contributed by atoms with E-state index in [0.717, 1.165) is 15.0 Å². The number of nitrogens with zero attached hydrogens (tertiary/aromatic N) is 2. The fourth-order valence-corrected chi connectivity index (χ4v) is 2.15. The van der Waals surface area contributed by atoms with Crippen LogP contribution in [0.25, 0.3) is 0 Å². The van der Waals surface area contributed by atoms with Gasteiger partial charge in [0.25, 0.3) is 0 Å². The summed E-state index contributed by atoms with van der Waals surface area (Å²) in [4.78, 5) is 8.69. The fourth-order valence-electron chi connectivity index (χ4n) is 1.07. The van der Waals surface area contributed by atoms with Crippen molar-refractivity contribution in [2.45, 2.75) is 25.2 Å². The van der Waals surface area contributed by atoms with Crippen LogP contribution in [-0.4, -0.2) is 9.97 Å². The van der Waals surface area contributed by atoms with E-state index in [-0.39, 0.29) is 5.41 Å². The first-order chi connectivity index (χ1) is 5.60. The van der Waals surface area contributed by atoms with Crippen molar-refractivity contribution >= 4 is 31.9 Å². The number of rotatable bonds is 1. The molecule has 1 fully saturated rings. The lowest BCUT2D eigenvalue weighted by molar-refractivity contribution is 0.701. The van der Waals surface area contributed by atoms with E-state index in [2.05, 4.69) is 48.8 Å². The summed E-state index contributed by atoms with van der Waals surface area (Å²) < 4.78 is 1.71. The summed E-state index contributed by atoms with van der Waals surface area (Å²) in [5, 5.41) is 0. The Labute approximate surface area is 88.1 Å². The molecular formula is C8H8Br2N2. The van der Waals surface area contributed by atoms with Gasteiger partial charge >= 0.3 is 0 Å². The van der Waals surface area contributed by atoms with Crippen LogP contribution in [0.3, 0.4) is 0 Å². The van der Waals surface area contributed by atoms with Crippen LogP contribution in [-0.2, 0) is 5.41 Å². The van der Waals surface area contributed by atoms with Gasteiger partial charge in [-0.3, -0.25) is 0 Å². The van der Waals surface area contributed by atoms with Gasteiger partial charge in [0.2, 0.25) is 0 Å². The highest BCUT2D eigenvalue weighted by Gasteiger charge is 2.42. The van der Waals surface area contributed by atoms with E-state index in [1.54, 1.807) is 0 Å². The molecule has 1 aliphatic carbocycles. The molecule has 0 N–H and O–H groups in total. The number of aromatic nitrogens is 2. The van der Waals surface area contributed by atoms with E-state index < -0.39 is 0 Å². The second kappa shape index (κ2) is 2.77. The van der Waals surface area contributed by atoms with Gasteiger partial charge in [-0.2, -0.15) is 0 Å². The predicted octanol–water partition coefficient (Wildman–Crippen LogP) is 3.05. The Morgan fingerprint density at radius 3 is 2.17 bits per heavy atom. The van der Waals surface area contributed by atoms with Crippen LogP contribution in [0.15, 0.2) is 15.3 Å². The molecule has 2 nitrogen and oxygen atoms in total. The first kappa shape index (κ1) is 8.63. The third-order valence-electron chi connectivity index (χ3n) is 2.20. The average Bonchev–Trinajstić information content (AvgIpc) is 2.67. The summed E-state index contributed by atoms with van der Waals surface area (Å²) in [5.41, 5.74) is 0.242. The first-order valence-corrected chi connectivity index (χ1v) is 5.39. The van der Waals surface area contributed by atoms with Crippen LogP contribution in [0.5, 0.6) is 0 Å². The fraction of sp³-hybridized carbons (Fsp3) is 0.500. The molecule has 1 saturated carbocycles. The van der Waals surface area contributed by atoms with E-state index in [4.69, 9.17) is 0 Å². The zero-order valence-corrected chi connectivity index (χ0v) is 9.81. The van der Waals surface area contributed by atoms with Crippen molar-refractivity contribution in [3.63, 3.8) is 0 Å². The minimum atomic E-state index is 0.242. The Balaban J connectivity index is 2.44. The van der Waals surface area contributed by atoms with Crippen LogP contribution in [0, 0.1) is 0 Å². The average molecular weight is 292 g/mol. The van der Waals surface area contributed by atoms with Crippen LogP contribution in [0.1, 0.15) is 25.6 Å². The van der Waals surface area contributed by atoms with Crippen molar-refractivity contribution in [2.75, 3.05) is 0 Å². The van der Waals surface area contributed by atoms with Crippen molar-refractivity contribution in [3.05, 3.63) is 21.1 Å². The molecule has 12 heavy (non-hydrogen) atoms. The lowest BCUT2D eigenvalue weighted by Crippen LogP contribution is -2.06. The highest BCUT2D eigenvalue weighted by atomic mass is 79.9. The molecule has 0 amide bonds. The maximum atomic E-state index is 4.34. The Morgan fingerprint density at radius 2 is 1.75 bits per heavy atom. The van der Waals surface area contributed by atoms with Crippen molar-refractivity contribution in [3.8, 4) is 0 Å². The van der Waals surface area contributed by atoms with Gasteiger partial charge in [-0.05, 0) is 44.7 Å². The van der Waals surface area contributed by atoms with Gasteiger partial charge in [0.1, 0.15) is 15.0 Å². The molecule has 0 spiro atoms. The number of halogens is 2. The molecule has 0 atom stereocenters. The maximum Gasteiger partial charge on any atom is 0.136 e. The van der Waals surface area contributed by atoms with Crippen molar-refractivity contribution in [1.29, 1.82) is 0 Å². The largest absolute Gasteiger partial charge is 0.225 e. The molecule has 4 heteroatoms. The molecule has 0 aliphatic heterocycles. The van der Waals surface area contributed by atoms with Crippen molar-refractivity contribution < 1.29 is 0 Å². The van der Waals surface area contributed by atoms with Gasteiger partial charge in [0, 0.05) is 11.5 Å². The molecule has 0 aromatic carbocycles. The van der Waals surface area contributed by atoms with E-state index in [1.165, 1.54) is 12.8 Å². The summed E-state index contributed by atoms with van der Waals surface area (Å²) >= 11 is 6.70. The summed E-state index contributed by atoms with van der Waals surface area (Å²) in [6.07, 6.45) is 2.41. The van der Waals surface area contributed by atoms with E-state index in [9.17, 15) is 0 Å². The summed E-state index contributed by atoms with van der Waals surface area (Å²) in [5.74, 6) is 0.948.